The van der Waals surface area contributed by atoms with Crippen molar-refractivity contribution in [2.24, 2.45) is 0 Å². The molecule has 5 heteroatoms. The Morgan fingerprint density at radius 2 is 2.17 bits per heavy atom. The van der Waals surface area contributed by atoms with Gasteiger partial charge in [-0.05, 0) is 30.0 Å². The van der Waals surface area contributed by atoms with Gasteiger partial charge in [0.05, 0.1) is 12.8 Å². The van der Waals surface area contributed by atoms with Gasteiger partial charge in [0.15, 0.2) is 0 Å². The van der Waals surface area contributed by atoms with Gasteiger partial charge in [-0.3, -0.25) is 0 Å². The Labute approximate surface area is 120 Å². The number of aromatic nitrogens is 2. The van der Waals surface area contributed by atoms with Crippen LogP contribution in [0.25, 0.3) is 11.3 Å². The summed E-state index contributed by atoms with van der Waals surface area (Å²) < 4.78 is 6.35. The van der Waals surface area contributed by atoms with Crippen molar-refractivity contribution in [2.75, 3.05) is 12.9 Å². The summed E-state index contributed by atoms with van der Waals surface area (Å²) in [5.74, 6) is 2.33. The molecule has 0 aliphatic rings. The molecule has 2 aromatic rings. The Bertz CT molecular complexity index is 548. The number of halogens is 1. The molecule has 0 N–H and O–H groups in total. The van der Waals surface area contributed by atoms with Crippen LogP contribution in [-0.4, -0.2) is 22.8 Å². The van der Waals surface area contributed by atoms with Gasteiger partial charge in [-0.25, -0.2) is 9.97 Å². The molecule has 0 saturated heterocycles. The predicted octanol–water partition coefficient (Wildman–Crippen LogP) is 3.39. The summed E-state index contributed by atoms with van der Waals surface area (Å²) in [5.41, 5.74) is 1.81. The van der Waals surface area contributed by atoms with E-state index in [0.29, 0.717) is 0 Å². The topological polar surface area (TPSA) is 35.0 Å². The highest BCUT2D eigenvalue weighted by molar-refractivity contribution is 9.10. The Morgan fingerprint density at radius 1 is 1.33 bits per heavy atom. The van der Waals surface area contributed by atoms with Crippen LogP contribution in [0.4, 0.5) is 0 Å². The summed E-state index contributed by atoms with van der Waals surface area (Å²) in [6, 6.07) is 7.73. The summed E-state index contributed by atoms with van der Waals surface area (Å²) in [4.78, 5) is 8.74. The summed E-state index contributed by atoms with van der Waals surface area (Å²) in [5, 5.41) is 0. The molecule has 1 heterocycles. The average molecular weight is 325 g/mol. The van der Waals surface area contributed by atoms with E-state index in [0.717, 1.165) is 39.5 Å². The van der Waals surface area contributed by atoms with E-state index < -0.39 is 0 Å². The monoisotopic (exact) mass is 324 g/mol. The highest BCUT2D eigenvalue weighted by atomic mass is 79.9. The molecule has 0 spiro atoms. The van der Waals surface area contributed by atoms with E-state index in [2.05, 4.69) is 38.5 Å². The molecule has 0 unspecified atom stereocenters. The van der Waals surface area contributed by atoms with Crippen molar-refractivity contribution in [2.45, 2.75) is 6.42 Å². The fourth-order valence-corrected chi connectivity index (χ4v) is 2.21. The van der Waals surface area contributed by atoms with E-state index >= 15 is 0 Å². The van der Waals surface area contributed by atoms with Crippen molar-refractivity contribution < 1.29 is 4.74 Å². The Hall–Kier alpha value is -1.07. The van der Waals surface area contributed by atoms with Crippen LogP contribution in [0, 0.1) is 0 Å². The van der Waals surface area contributed by atoms with Crippen molar-refractivity contribution >= 4 is 28.6 Å². The van der Waals surface area contributed by atoms with E-state index in [1.165, 1.54) is 0 Å². The van der Waals surface area contributed by atoms with Gasteiger partial charge in [-0.15, -0.1) is 0 Å². The van der Waals surface area contributed by atoms with Gasteiger partial charge in [0.2, 0.25) is 0 Å². The molecule has 0 fully saturated rings. The molecule has 0 aliphatic heterocycles. The maximum atomic E-state index is 5.36. The van der Waals surface area contributed by atoms with E-state index in [-0.39, 0.29) is 0 Å². The fraction of sp³-hybridized carbons (Fsp3) is 0.231. The fourth-order valence-electron chi connectivity index (χ4n) is 1.65. The number of hydrogen-bond donors (Lipinski definition) is 1. The molecule has 0 atom stereocenters. The van der Waals surface area contributed by atoms with Gasteiger partial charge < -0.3 is 4.74 Å². The van der Waals surface area contributed by atoms with E-state index in [1.807, 2.05) is 24.3 Å². The quantitative estimate of drug-likeness (QED) is 0.875. The zero-order valence-electron chi connectivity index (χ0n) is 9.93. The van der Waals surface area contributed by atoms with E-state index in [4.69, 9.17) is 4.74 Å². The molecule has 0 aliphatic carbocycles. The number of hydrogen-bond acceptors (Lipinski definition) is 4. The lowest BCUT2D eigenvalue weighted by Gasteiger charge is -2.09. The van der Waals surface area contributed by atoms with E-state index in [1.54, 1.807) is 13.3 Å². The maximum absolute atomic E-state index is 5.36. The molecule has 0 bridgehead atoms. The standard InChI is InChI=1S/C13H13BrN2OS/c1-17-12-3-2-9(14)8-10(12)11-4-6-15-13(16-11)5-7-18/h2-4,6,8,18H,5,7H2,1H3. The number of thiol groups is 1. The minimum atomic E-state index is 0.735. The molecular weight excluding hydrogens is 312 g/mol. The Kier molecular flexibility index (Phi) is 4.60. The van der Waals surface area contributed by atoms with Gasteiger partial charge in [0, 0.05) is 22.7 Å². The van der Waals surface area contributed by atoms with Crippen molar-refractivity contribution in [1.29, 1.82) is 0 Å². The van der Waals surface area contributed by atoms with Gasteiger partial charge in [-0.2, -0.15) is 12.6 Å². The van der Waals surface area contributed by atoms with Gasteiger partial charge >= 0.3 is 0 Å². The minimum absolute atomic E-state index is 0.735. The van der Waals surface area contributed by atoms with Crippen LogP contribution in [0.1, 0.15) is 5.82 Å². The molecule has 0 saturated carbocycles. The largest absolute Gasteiger partial charge is 0.496 e. The Balaban J connectivity index is 2.47. The molecule has 0 amide bonds. The van der Waals surface area contributed by atoms with Crippen molar-refractivity contribution in [1.82, 2.24) is 9.97 Å². The van der Waals surface area contributed by atoms with Gasteiger partial charge in [-0.1, -0.05) is 15.9 Å². The number of benzene rings is 1. The predicted molar refractivity (Wildman–Crippen MR) is 79.3 cm³/mol. The second-order valence-electron chi connectivity index (χ2n) is 3.68. The highest BCUT2D eigenvalue weighted by Gasteiger charge is 2.08. The van der Waals surface area contributed by atoms with Gasteiger partial charge in [0.25, 0.3) is 0 Å². The smallest absolute Gasteiger partial charge is 0.129 e. The summed E-state index contributed by atoms with van der Waals surface area (Å²) in [7, 11) is 1.66. The normalized spacial score (nSPS) is 10.4. The molecule has 3 nitrogen and oxygen atoms in total. The van der Waals surface area contributed by atoms with Crippen LogP contribution in [0.2, 0.25) is 0 Å². The molecular formula is C13H13BrN2OS. The van der Waals surface area contributed by atoms with Crippen molar-refractivity contribution in [3.63, 3.8) is 0 Å². The first-order chi connectivity index (χ1) is 8.74. The number of rotatable bonds is 4. The second-order valence-corrected chi connectivity index (χ2v) is 5.04. The third-order valence-corrected chi connectivity index (χ3v) is 3.20. The van der Waals surface area contributed by atoms with Crippen molar-refractivity contribution in [3.05, 3.63) is 40.8 Å². The van der Waals surface area contributed by atoms with Crippen LogP contribution in [0.3, 0.4) is 0 Å². The average Bonchev–Trinajstić information content (AvgIpc) is 2.39. The highest BCUT2D eigenvalue weighted by Crippen LogP contribution is 2.31. The van der Waals surface area contributed by atoms with Gasteiger partial charge in [0.1, 0.15) is 11.6 Å². The maximum Gasteiger partial charge on any atom is 0.129 e. The zero-order chi connectivity index (χ0) is 13.0. The SMILES string of the molecule is COc1ccc(Br)cc1-c1ccnc(CCS)n1. The lowest BCUT2D eigenvalue weighted by Crippen LogP contribution is -1.98. The third kappa shape index (κ3) is 3.03. The first kappa shape index (κ1) is 13.4. The lowest BCUT2D eigenvalue weighted by molar-refractivity contribution is 0.416. The van der Waals surface area contributed by atoms with E-state index in [9.17, 15) is 0 Å². The minimum Gasteiger partial charge on any atom is -0.496 e. The zero-order valence-corrected chi connectivity index (χ0v) is 12.4. The molecule has 1 aromatic carbocycles. The molecule has 18 heavy (non-hydrogen) atoms. The van der Waals surface area contributed by atoms with Crippen LogP contribution in [0.5, 0.6) is 5.75 Å². The number of aryl methyl sites for hydroxylation is 1. The first-order valence-electron chi connectivity index (χ1n) is 5.51. The lowest BCUT2D eigenvalue weighted by atomic mass is 10.1. The van der Waals surface area contributed by atoms with Crippen LogP contribution in [0.15, 0.2) is 34.9 Å². The number of nitrogens with zero attached hydrogens (tertiary/aromatic N) is 2. The molecule has 94 valence electrons. The van der Waals surface area contributed by atoms with Crippen LogP contribution in [-0.2, 0) is 6.42 Å². The second kappa shape index (κ2) is 6.20. The molecule has 2 rings (SSSR count). The first-order valence-corrected chi connectivity index (χ1v) is 6.94. The summed E-state index contributed by atoms with van der Waals surface area (Å²) >= 11 is 7.66. The van der Waals surface area contributed by atoms with Crippen molar-refractivity contribution in [3.8, 4) is 17.0 Å². The molecule has 0 radical (unpaired) electrons. The Morgan fingerprint density at radius 3 is 2.89 bits per heavy atom. The summed E-state index contributed by atoms with van der Waals surface area (Å²) in [6.45, 7) is 0. The number of ether oxygens (including phenoxy) is 1. The summed E-state index contributed by atoms with van der Waals surface area (Å²) in [6.07, 6.45) is 2.52. The third-order valence-electron chi connectivity index (χ3n) is 2.48. The van der Waals surface area contributed by atoms with Crippen LogP contribution < -0.4 is 4.74 Å². The molecule has 1 aromatic heterocycles. The number of methoxy groups -OCH3 is 1. The van der Waals surface area contributed by atoms with Crippen LogP contribution >= 0.6 is 28.6 Å².